The lowest BCUT2D eigenvalue weighted by atomic mass is 10.1. The molecular weight excluding hydrogens is 368 g/mol. The quantitative estimate of drug-likeness (QED) is 0.482. The number of nitrogens with zero attached hydrogens (tertiary/aromatic N) is 2. The van der Waals surface area contributed by atoms with Gasteiger partial charge >= 0.3 is 0 Å². The fourth-order valence-corrected chi connectivity index (χ4v) is 4.05. The molecule has 0 unspecified atom stereocenters. The molecular formula is C23H26N2O2S. The number of rotatable bonds is 7. The molecule has 0 N–H and O–H groups in total. The van der Waals surface area contributed by atoms with Gasteiger partial charge in [-0.15, -0.1) is 11.3 Å². The first-order valence-corrected chi connectivity index (χ1v) is 10.5. The van der Waals surface area contributed by atoms with E-state index in [4.69, 9.17) is 9.72 Å². The van der Waals surface area contributed by atoms with Crippen LogP contribution in [0.15, 0.2) is 48.5 Å². The summed E-state index contributed by atoms with van der Waals surface area (Å²) in [6.45, 7) is 8.65. The lowest BCUT2D eigenvalue weighted by Gasteiger charge is -2.19. The van der Waals surface area contributed by atoms with Gasteiger partial charge in [-0.2, -0.15) is 0 Å². The minimum absolute atomic E-state index is 0.0403. The van der Waals surface area contributed by atoms with Crippen LogP contribution in [0.1, 0.15) is 37.6 Å². The molecule has 146 valence electrons. The molecule has 1 amide bonds. The second-order valence-electron chi connectivity index (χ2n) is 6.50. The van der Waals surface area contributed by atoms with E-state index in [0.29, 0.717) is 13.0 Å². The molecule has 0 fully saturated rings. The topological polar surface area (TPSA) is 42.4 Å². The van der Waals surface area contributed by atoms with Gasteiger partial charge in [0.15, 0.2) is 5.13 Å². The minimum Gasteiger partial charge on any atom is -0.494 e. The van der Waals surface area contributed by atoms with Gasteiger partial charge in [0.05, 0.1) is 18.0 Å². The lowest BCUT2D eigenvalue weighted by molar-refractivity contribution is -0.117. The maximum Gasteiger partial charge on any atom is 0.233 e. The van der Waals surface area contributed by atoms with Gasteiger partial charge in [0.25, 0.3) is 0 Å². The predicted molar refractivity (Wildman–Crippen MR) is 117 cm³/mol. The first kappa shape index (κ1) is 20.1. The van der Waals surface area contributed by atoms with E-state index in [2.05, 4.69) is 6.92 Å². The summed E-state index contributed by atoms with van der Waals surface area (Å²) in [6.07, 6.45) is 1.29. The standard InChI is InChI=1S/C23H26N2O2S/c1-5-20-22(17-10-14-19(15-11-17)27-7-3)24-23(28-20)25(21(26)6-2)18-12-8-16(4)9-13-18/h8-15H,5-7H2,1-4H3. The number of carbonyl (C=O) groups excluding carboxylic acids is 1. The molecule has 0 saturated heterocycles. The summed E-state index contributed by atoms with van der Waals surface area (Å²) in [4.78, 5) is 20.5. The van der Waals surface area contributed by atoms with E-state index < -0.39 is 0 Å². The average Bonchev–Trinajstić information content (AvgIpc) is 3.14. The summed E-state index contributed by atoms with van der Waals surface area (Å²) in [5.41, 5.74) is 3.99. The molecule has 3 rings (SSSR count). The fourth-order valence-electron chi connectivity index (χ4n) is 2.99. The van der Waals surface area contributed by atoms with Crippen LogP contribution in [0.4, 0.5) is 10.8 Å². The predicted octanol–water partition coefficient (Wildman–Crippen LogP) is 6.15. The number of thiazole rings is 1. The van der Waals surface area contributed by atoms with Crippen LogP contribution in [0.5, 0.6) is 5.75 Å². The molecule has 0 aliphatic carbocycles. The molecule has 0 aliphatic rings. The number of aryl methyl sites for hydroxylation is 2. The lowest BCUT2D eigenvalue weighted by Crippen LogP contribution is -2.24. The smallest absolute Gasteiger partial charge is 0.233 e. The van der Waals surface area contributed by atoms with E-state index in [-0.39, 0.29) is 5.91 Å². The number of anilines is 2. The number of benzene rings is 2. The van der Waals surface area contributed by atoms with Gasteiger partial charge < -0.3 is 4.74 Å². The van der Waals surface area contributed by atoms with Gasteiger partial charge in [0, 0.05) is 16.9 Å². The Bertz CT molecular complexity index is 930. The van der Waals surface area contributed by atoms with Gasteiger partial charge in [-0.05, 0) is 56.7 Å². The van der Waals surface area contributed by atoms with Crippen LogP contribution in [0.25, 0.3) is 11.3 Å². The maximum absolute atomic E-state index is 12.7. The molecule has 0 bridgehead atoms. The van der Waals surface area contributed by atoms with Crippen molar-refractivity contribution in [2.75, 3.05) is 11.5 Å². The average molecular weight is 395 g/mol. The highest BCUT2D eigenvalue weighted by Gasteiger charge is 2.22. The molecule has 0 radical (unpaired) electrons. The van der Waals surface area contributed by atoms with Crippen molar-refractivity contribution in [3.8, 4) is 17.0 Å². The molecule has 0 atom stereocenters. The van der Waals surface area contributed by atoms with Crippen LogP contribution in [-0.4, -0.2) is 17.5 Å². The van der Waals surface area contributed by atoms with Crippen LogP contribution in [-0.2, 0) is 11.2 Å². The molecule has 4 nitrogen and oxygen atoms in total. The van der Waals surface area contributed by atoms with Crippen LogP contribution in [0.2, 0.25) is 0 Å². The van der Waals surface area contributed by atoms with Crippen molar-refractivity contribution in [3.63, 3.8) is 0 Å². The van der Waals surface area contributed by atoms with E-state index in [1.165, 1.54) is 4.88 Å². The number of amides is 1. The molecule has 2 aromatic carbocycles. The molecule has 0 saturated carbocycles. The molecule has 0 aliphatic heterocycles. The summed E-state index contributed by atoms with van der Waals surface area (Å²) in [5.74, 6) is 0.890. The third kappa shape index (κ3) is 4.25. The van der Waals surface area contributed by atoms with Crippen molar-refractivity contribution >= 4 is 28.1 Å². The van der Waals surface area contributed by atoms with Crippen molar-refractivity contribution in [3.05, 3.63) is 59.0 Å². The minimum atomic E-state index is 0.0403. The molecule has 5 heteroatoms. The van der Waals surface area contributed by atoms with Gasteiger partial charge in [0.2, 0.25) is 5.91 Å². The maximum atomic E-state index is 12.7. The van der Waals surface area contributed by atoms with Crippen LogP contribution in [0.3, 0.4) is 0 Å². The molecule has 1 heterocycles. The van der Waals surface area contributed by atoms with Crippen LogP contribution in [0, 0.1) is 6.92 Å². The Hall–Kier alpha value is -2.66. The summed E-state index contributed by atoms with van der Waals surface area (Å²) in [5, 5.41) is 0.719. The van der Waals surface area contributed by atoms with E-state index >= 15 is 0 Å². The second-order valence-corrected chi connectivity index (χ2v) is 7.56. The highest BCUT2D eigenvalue weighted by Crippen LogP contribution is 2.37. The fraction of sp³-hybridized carbons (Fsp3) is 0.304. The Morgan fingerprint density at radius 2 is 1.71 bits per heavy atom. The third-order valence-corrected chi connectivity index (χ3v) is 5.67. The summed E-state index contributed by atoms with van der Waals surface area (Å²) in [6, 6.07) is 16.0. The van der Waals surface area contributed by atoms with Crippen LogP contribution < -0.4 is 9.64 Å². The van der Waals surface area contributed by atoms with Crippen molar-refractivity contribution in [2.24, 2.45) is 0 Å². The monoisotopic (exact) mass is 394 g/mol. The summed E-state index contributed by atoms with van der Waals surface area (Å²) >= 11 is 1.58. The summed E-state index contributed by atoms with van der Waals surface area (Å²) in [7, 11) is 0. The number of hydrogen-bond donors (Lipinski definition) is 0. The van der Waals surface area contributed by atoms with E-state index in [1.807, 2.05) is 69.3 Å². The zero-order valence-corrected chi connectivity index (χ0v) is 17.7. The van der Waals surface area contributed by atoms with E-state index in [9.17, 15) is 4.79 Å². The van der Waals surface area contributed by atoms with Gasteiger partial charge in [-0.1, -0.05) is 31.5 Å². The normalized spacial score (nSPS) is 10.7. The summed E-state index contributed by atoms with van der Waals surface area (Å²) < 4.78 is 5.54. The second kappa shape index (κ2) is 9.02. The molecule has 28 heavy (non-hydrogen) atoms. The molecule has 3 aromatic rings. The largest absolute Gasteiger partial charge is 0.494 e. The van der Waals surface area contributed by atoms with Crippen molar-refractivity contribution in [1.82, 2.24) is 4.98 Å². The van der Waals surface area contributed by atoms with E-state index in [1.54, 1.807) is 16.2 Å². The zero-order valence-electron chi connectivity index (χ0n) is 16.9. The third-order valence-electron chi connectivity index (χ3n) is 4.48. The van der Waals surface area contributed by atoms with E-state index in [0.717, 1.165) is 39.8 Å². The number of carbonyl (C=O) groups is 1. The van der Waals surface area contributed by atoms with Crippen molar-refractivity contribution < 1.29 is 9.53 Å². The van der Waals surface area contributed by atoms with Gasteiger partial charge in [-0.25, -0.2) is 4.98 Å². The SMILES string of the molecule is CCOc1ccc(-c2nc(N(C(=O)CC)c3ccc(C)cc3)sc2CC)cc1. The van der Waals surface area contributed by atoms with Gasteiger partial charge in [-0.3, -0.25) is 9.69 Å². The zero-order chi connectivity index (χ0) is 20.1. The van der Waals surface area contributed by atoms with Crippen molar-refractivity contribution in [2.45, 2.75) is 40.5 Å². The first-order valence-electron chi connectivity index (χ1n) is 9.69. The number of ether oxygens (including phenoxy) is 1. The molecule has 0 spiro atoms. The Labute approximate surface area is 170 Å². The highest BCUT2D eigenvalue weighted by molar-refractivity contribution is 7.16. The molecule has 1 aromatic heterocycles. The Balaban J connectivity index is 2.03. The van der Waals surface area contributed by atoms with Gasteiger partial charge in [0.1, 0.15) is 5.75 Å². The van der Waals surface area contributed by atoms with Crippen LogP contribution >= 0.6 is 11.3 Å². The number of hydrogen-bond acceptors (Lipinski definition) is 4. The first-order chi connectivity index (χ1) is 13.6. The Kier molecular flexibility index (Phi) is 6.47. The van der Waals surface area contributed by atoms with Crippen molar-refractivity contribution in [1.29, 1.82) is 0 Å². The highest BCUT2D eigenvalue weighted by atomic mass is 32.1. The Morgan fingerprint density at radius 1 is 1.04 bits per heavy atom. The Morgan fingerprint density at radius 3 is 2.29 bits per heavy atom. The number of aromatic nitrogens is 1.